The van der Waals surface area contributed by atoms with Crippen molar-refractivity contribution in [1.29, 1.82) is 0 Å². The molecule has 0 aliphatic rings. The molecule has 0 fully saturated rings. The van der Waals surface area contributed by atoms with Crippen LogP contribution in [0.15, 0.2) is 40.9 Å². The van der Waals surface area contributed by atoms with E-state index in [4.69, 9.17) is 9.47 Å². The van der Waals surface area contributed by atoms with Crippen molar-refractivity contribution in [3.63, 3.8) is 0 Å². The number of tetrazole rings is 1. The Labute approximate surface area is 148 Å². The van der Waals surface area contributed by atoms with Gasteiger partial charge in [0.2, 0.25) is 5.82 Å². The molecule has 1 aromatic heterocycles. The van der Waals surface area contributed by atoms with Crippen LogP contribution < -0.4 is 9.47 Å². The Morgan fingerprint density at radius 2 is 1.79 bits per heavy atom. The van der Waals surface area contributed by atoms with Gasteiger partial charge in [0.15, 0.2) is 11.5 Å². The van der Waals surface area contributed by atoms with Gasteiger partial charge in [-0.3, -0.25) is 0 Å². The summed E-state index contributed by atoms with van der Waals surface area (Å²) in [5.74, 6) is 1.98. The molecule has 0 N–H and O–H groups in total. The molecule has 24 heavy (non-hydrogen) atoms. The molecule has 124 valence electrons. The molecule has 3 aromatic rings. The number of hydrogen-bond donors (Lipinski definition) is 0. The van der Waals surface area contributed by atoms with Crippen molar-refractivity contribution in [2.24, 2.45) is 0 Å². The molecular formula is C17H17BrN4O2. The molecule has 7 heteroatoms. The van der Waals surface area contributed by atoms with E-state index in [1.807, 2.05) is 43.3 Å². The van der Waals surface area contributed by atoms with Crippen LogP contribution >= 0.6 is 15.9 Å². The average Bonchev–Trinajstić information content (AvgIpc) is 3.05. The summed E-state index contributed by atoms with van der Waals surface area (Å²) >= 11 is 3.51. The number of ether oxygens (including phenoxy) is 2. The molecule has 0 spiro atoms. The Morgan fingerprint density at radius 1 is 1.08 bits per heavy atom. The standard InChI is InChI=1S/C17H17BrN4O2/c1-11-8-15(23-2)16(24-3)9-12(11)10-22-20-17(19-21-22)13-6-4-5-7-14(13)18/h4-9H,10H2,1-3H3. The predicted octanol–water partition coefficient (Wildman–Crippen LogP) is 3.48. The minimum atomic E-state index is 0.504. The van der Waals surface area contributed by atoms with Crippen molar-refractivity contribution in [3.05, 3.63) is 52.0 Å². The summed E-state index contributed by atoms with van der Waals surface area (Å²) in [7, 11) is 3.25. The minimum Gasteiger partial charge on any atom is -0.493 e. The van der Waals surface area contributed by atoms with E-state index in [9.17, 15) is 0 Å². The van der Waals surface area contributed by atoms with E-state index >= 15 is 0 Å². The molecule has 0 saturated heterocycles. The summed E-state index contributed by atoms with van der Waals surface area (Å²) < 4.78 is 11.6. The number of aromatic nitrogens is 4. The zero-order chi connectivity index (χ0) is 17.1. The van der Waals surface area contributed by atoms with Gasteiger partial charge in [-0.05, 0) is 47.5 Å². The van der Waals surface area contributed by atoms with Crippen LogP contribution in [-0.4, -0.2) is 34.4 Å². The third-order valence-corrected chi connectivity index (χ3v) is 4.41. The smallest absolute Gasteiger partial charge is 0.206 e. The van der Waals surface area contributed by atoms with E-state index in [1.54, 1.807) is 19.0 Å². The SMILES string of the molecule is COc1cc(C)c(Cn2nnc(-c3ccccc3Br)n2)cc1OC. The number of hydrogen-bond acceptors (Lipinski definition) is 5. The molecule has 0 saturated carbocycles. The normalized spacial score (nSPS) is 10.7. The van der Waals surface area contributed by atoms with Gasteiger partial charge >= 0.3 is 0 Å². The largest absolute Gasteiger partial charge is 0.493 e. The summed E-state index contributed by atoms with van der Waals surface area (Å²) in [4.78, 5) is 1.57. The Hall–Kier alpha value is -2.41. The second kappa shape index (κ2) is 7.00. The lowest BCUT2D eigenvalue weighted by atomic mass is 10.1. The number of halogens is 1. The van der Waals surface area contributed by atoms with Crippen LogP contribution in [0, 0.1) is 6.92 Å². The quantitative estimate of drug-likeness (QED) is 0.669. The highest BCUT2D eigenvalue weighted by atomic mass is 79.9. The van der Waals surface area contributed by atoms with E-state index in [2.05, 4.69) is 31.3 Å². The van der Waals surface area contributed by atoms with Crippen LogP contribution in [0.3, 0.4) is 0 Å². The maximum atomic E-state index is 5.36. The molecule has 0 amide bonds. The van der Waals surface area contributed by atoms with Crippen LogP contribution in [-0.2, 0) is 6.54 Å². The van der Waals surface area contributed by atoms with Crippen LogP contribution in [0.2, 0.25) is 0 Å². The van der Waals surface area contributed by atoms with Crippen LogP contribution in [0.4, 0.5) is 0 Å². The maximum absolute atomic E-state index is 5.36. The van der Waals surface area contributed by atoms with Crippen molar-refractivity contribution >= 4 is 15.9 Å². The number of rotatable bonds is 5. The number of aryl methyl sites for hydroxylation is 1. The van der Waals surface area contributed by atoms with E-state index in [-0.39, 0.29) is 0 Å². The number of benzene rings is 2. The molecule has 0 aliphatic heterocycles. The Morgan fingerprint density at radius 3 is 2.50 bits per heavy atom. The highest BCUT2D eigenvalue weighted by Crippen LogP contribution is 2.30. The van der Waals surface area contributed by atoms with Gasteiger partial charge in [-0.25, -0.2) is 0 Å². The molecule has 6 nitrogen and oxygen atoms in total. The third-order valence-electron chi connectivity index (χ3n) is 3.72. The predicted molar refractivity (Wildman–Crippen MR) is 94.3 cm³/mol. The van der Waals surface area contributed by atoms with Gasteiger partial charge in [0.25, 0.3) is 0 Å². The monoisotopic (exact) mass is 388 g/mol. The lowest BCUT2D eigenvalue weighted by Crippen LogP contribution is -2.06. The molecule has 3 rings (SSSR count). The second-order valence-electron chi connectivity index (χ2n) is 5.26. The van der Waals surface area contributed by atoms with Gasteiger partial charge < -0.3 is 9.47 Å². The molecule has 0 unspecified atom stereocenters. The van der Waals surface area contributed by atoms with E-state index in [0.29, 0.717) is 23.9 Å². The van der Waals surface area contributed by atoms with E-state index in [1.165, 1.54) is 0 Å². The van der Waals surface area contributed by atoms with E-state index in [0.717, 1.165) is 21.2 Å². The summed E-state index contributed by atoms with van der Waals surface area (Å²) in [5, 5.41) is 12.8. The first-order valence-corrected chi connectivity index (χ1v) is 8.16. The van der Waals surface area contributed by atoms with Gasteiger partial charge in [0, 0.05) is 10.0 Å². The number of nitrogens with zero attached hydrogens (tertiary/aromatic N) is 4. The highest BCUT2D eigenvalue weighted by molar-refractivity contribution is 9.10. The highest BCUT2D eigenvalue weighted by Gasteiger charge is 2.12. The van der Waals surface area contributed by atoms with Gasteiger partial charge in [0.1, 0.15) is 0 Å². The van der Waals surface area contributed by atoms with Crippen molar-refractivity contribution in [2.45, 2.75) is 13.5 Å². The Bertz CT molecular complexity index is 864. The first kappa shape index (κ1) is 16.4. The van der Waals surface area contributed by atoms with Gasteiger partial charge in [0.05, 0.1) is 20.8 Å². The van der Waals surface area contributed by atoms with Gasteiger partial charge in [-0.15, -0.1) is 10.2 Å². The molecule has 0 bridgehead atoms. The average molecular weight is 389 g/mol. The minimum absolute atomic E-state index is 0.504. The van der Waals surface area contributed by atoms with Crippen molar-refractivity contribution in [2.75, 3.05) is 14.2 Å². The first-order chi connectivity index (χ1) is 11.6. The molecular weight excluding hydrogens is 372 g/mol. The van der Waals surface area contributed by atoms with Gasteiger partial charge in [-0.1, -0.05) is 28.1 Å². The van der Waals surface area contributed by atoms with Crippen molar-refractivity contribution in [3.8, 4) is 22.9 Å². The van der Waals surface area contributed by atoms with Crippen molar-refractivity contribution < 1.29 is 9.47 Å². The summed E-state index contributed by atoms with van der Waals surface area (Å²) in [5.41, 5.74) is 3.03. The van der Waals surface area contributed by atoms with Crippen LogP contribution in [0.5, 0.6) is 11.5 Å². The van der Waals surface area contributed by atoms with Crippen molar-refractivity contribution in [1.82, 2.24) is 20.2 Å². The Kier molecular flexibility index (Phi) is 4.80. The molecule has 1 heterocycles. The topological polar surface area (TPSA) is 62.1 Å². The maximum Gasteiger partial charge on any atom is 0.206 e. The first-order valence-electron chi connectivity index (χ1n) is 7.36. The zero-order valence-corrected chi connectivity index (χ0v) is 15.2. The van der Waals surface area contributed by atoms with Crippen LogP contribution in [0.25, 0.3) is 11.4 Å². The summed E-state index contributed by atoms with van der Waals surface area (Å²) in [6, 6.07) is 11.7. The number of methoxy groups -OCH3 is 2. The molecule has 0 radical (unpaired) electrons. The molecule has 0 atom stereocenters. The summed E-state index contributed by atoms with van der Waals surface area (Å²) in [6.07, 6.45) is 0. The molecule has 0 aliphatic carbocycles. The summed E-state index contributed by atoms with van der Waals surface area (Å²) in [6.45, 7) is 2.52. The van der Waals surface area contributed by atoms with Crippen LogP contribution in [0.1, 0.15) is 11.1 Å². The Balaban J connectivity index is 1.89. The fourth-order valence-corrected chi connectivity index (χ4v) is 2.87. The fraction of sp³-hybridized carbons (Fsp3) is 0.235. The zero-order valence-electron chi connectivity index (χ0n) is 13.7. The third kappa shape index (κ3) is 3.26. The molecule has 2 aromatic carbocycles. The lowest BCUT2D eigenvalue weighted by Gasteiger charge is -2.12. The lowest BCUT2D eigenvalue weighted by molar-refractivity contribution is 0.354. The fourth-order valence-electron chi connectivity index (χ4n) is 2.41. The van der Waals surface area contributed by atoms with E-state index < -0.39 is 0 Å². The second-order valence-corrected chi connectivity index (χ2v) is 6.11. The van der Waals surface area contributed by atoms with Gasteiger partial charge in [-0.2, -0.15) is 4.80 Å².